The molecule has 0 fully saturated rings. The van der Waals surface area contributed by atoms with Crippen LogP contribution in [0.4, 0.5) is 10.5 Å². The van der Waals surface area contributed by atoms with Crippen molar-refractivity contribution in [1.82, 2.24) is 10.6 Å². The number of rotatable bonds is 8. The largest absolute Gasteiger partial charge is 0.491 e. The third-order valence-electron chi connectivity index (χ3n) is 3.82. The van der Waals surface area contributed by atoms with Gasteiger partial charge in [-0.3, -0.25) is 4.79 Å². The van der Waals surface area contributed by atoms with Gasteiger partial charge in [0.1, 0.15) is 5.75 Å². The quantitative estimate of drug-likeness (QED) is 0.645. The number of amides is 3. The number of carbonyl (C=O) groups is 2. The molecule has 3 amide bonds. The van der Waals surface area contributed by atoms with Gasteiger partial charge in [-0.25, -0.2) is 4.79 Å². The predicted octanol–water partition coefficient (Wildman–Crippen LogP) is 3.98. The van der Waals surface area contributed by atoms with Crippen LogP contribution in [0.2, 0.25) is 0 Å². The molecule has 150 valence electrons. The zero-order valence-electron chi connectivity index (χ0n) is 16.9. The van der Waals surface area contributed by atoms with Crippen molar-refractivity contribution < 1.29 is 14.3 Å². The predicted molar refractivity (Wildman–Crippen MR) is 112 cm³/mol. The number of hydrogen-bond acceptors (Lipinski definition) is 3. The molecular weight excluding hydrogens is 354 g/mol. The van der Waals surface area contributed by atoms with Gasteiger partial charge < -0.3 is 20.7 Å². The van der Waals surface area contributed by atoms with E-state index < -0.39 is 0 Å². The lowest BCUT2D eigenvalue weighted by molar-refractivity contribution is 0.0954. The number of ether oxygens (including phenoxy) is 1. The topological polar surface area (TPSA) is 79.5 Å². The van der Waals surface area contributed by atoms with E-state index in [1.165, 1.54) is 0 Å². The molecule has 0 spiro atoms. The molecular formula is C22H29N3O3. The Hall–Kier alpha value is -3.02. The Morgan fingerprint density at radius 2 is 1.57 bits per heavy atom. The van der Waals surface area contributed by atoms with Crippen LogP contribution in [0.5, 0.6) is 5.75 Å². The molecule has 2 aromatic rings. The number of benzene rings is 2. The zero-order chi connectivity index (χ0) is 20.5. The van der Waals surface area contributed by atoms with Crippen molar-refractivity contribution in [2.75, 3.05) is 11.9 Å². The lowest BCUT2D eigenvalue weighted by atomic mass is 10.1. The van der Waals surface area contributed by atoms with E-state index >= 15 is 0 Å². The van der Waals surface area contributed by atoms with E-state index in [9.17, 15) is 9.59 Å². The highest BCUT2D eigenvalue weighted by Crippen LogP contribution is 2.14. The van der Waals surface area contributed by atoms with E-state index in [1.54, 1.807) is 24.3 Å². The molecule has 0 saturated heterocycles. The molecule has 0 unspecified atom stereocenters. The first-order valence-electron chi connectivity index (χ1n) is 9.55. The summed E-state index contributed by atoms with van der Waals surface area (Å²) in [4.78, 5) is 23.9. The molecule has 6 heteroatoms. The smallest absolute Gasteiger partial charge is 0.319 e. The van der Waals surface area contributed by atoms with Crippen molar-refractivity contribution in [2.45, 2.75) is 46.3 Å². The van der Waals surface area contributed by atoms with Crippen molar-refractivity contribution in [3.63, 3.8) is 0 Å². The van der Waals surface area contributed by atoms with Crippen LogP contribution in [-0.2, 0) is 6.42 Å². The Morgan fingerprint density at radius 3 is 2.14 bits per heavy atom. The number of urea groups is 1. The second kappa shape index (κ2) is 10.3. The second-order valence-corrected chi connectivity index (χ2v) is 7.15. The van der Waals surface area contributed by atoms with Gasteiger partial charge in [0, 0.05) is 23.8 Å². The highest BCUT2D eigenvalue weighted by Gasteiger charge is 2.07. The van der Waals surface area contributed by atoms with Crippen LogP contribution in [0.15, 0.2) is 48.5 Å². The third-order valence-corrected chi connectivity index (χ3v) is 3.82. The molecule has 28 heavy (non-hydrogen) atoms. The number of carbonyl (C=O) groups excluding carboxylic acids is 2. The fraction of sp³-hybridized carbons (Fsp3) is 0.364. The normalized spacial score (nSPS) is 10.6. The summed E-state index contributed by atoms with van der Waals surface area (Å²) in [6, 6.07) is 14.5. The summed E-state index contributed by atoms with van der Waals surface area (Å²) >= 11 is 0. The first-order chi connectivity index (χ1) is 13.3. The molecule has 0 aliphatic heterocycles. The highest BCUT2D eigenvalue weighted by atomic mass is 16.5. The average Bonchev–Trinajstić information content (AvgIpc) is 2.62. The van der Waals surface area contributed by atoms with Crippen molar-refractivity contribution in [3.8, 4) is 5.75 Å². The molecule has 0 radical (unpaired) electrons. The number of anilines is 1. The molecule has 0 aromatic heterocycles. The molecule has 6 nitrogen and oxygen atoms in total. The van der Waals surface area contributed by atoms with Gasteiger partial charge in [-0.15, -0.1) is 0 Å². The Labute approximate surface area is 166 Å². The molecule has 0 aliphatic carbocycles. The third kappa shape index (κ3) is 7.31. The minimum Gasteiger partial charge on any atom is -0.491 e. The molecule has 0 bridgehead atoms. The number of nitrogens with one attached hydrogen (secondary N) is 3. The van der Waals surface area contributed by atoms with Crippen molar-refractivity contribution >= 4 is 17.6 Å². The highest BCUT2D eigenvalue weighted by molar-refractivity contribution is 5.95. The van der Waals surface area contributed by atoms with Crippen molar-refractivity contribution in [3.05, 3.63) is 59.7 Å². The van der Waals surface area contributed by atoms with Crippen LogP contribution in [0.3, 0.4) is 0 Å². The summed E-state index contributed by atoms with van der Waals surface area (Å²) < 4.78 is 5.62. The van der Waals surface area contributed by atoms with E-state index in [4.69, 9.17) is 4.74 Å². The Balaban J connectivity index is 1.79. The van der Waals surface area contributed by atoms with Crippen molar-refractivity contribution in [1.29, 1.82) is 0 Å². The van der Waals surface area contributed by atoms with Crippen LogP contribution in [-0.4, -0.2) is 30.6 Å². The minimum atomic E-state index is -0.267. The average molecular weight is 383 g/mol. The molecule has 3 N–H and O–H groups in total. The van der Waals surface area contributed by atoms with Gasteiger partial charge in [-0.05, 0) is 76.1 Å². The van der Waals surface area contributed by atoms with E-state index in [-0.39, 0.29) is 24.1 Å². The first kappa shape index (κ1) is 21.3. The molecule has 0 atom stereocenters. The maximum atomic E-state index is 12.3. The summed E-state index contributed by atoms with van der Waals surface area (Å²) in [5.74, 6) is 0.705. The number of hydrogen-bond donors (Lipinski definition) is 3. The second-order valence-electron chi connectivity index (χ2n) is 7.15. The molecule has 2 rings (SSSR count). The molecule has 0 heterocycles. The Morgan fingerprint density at radius 1 is 0.929 bits per heavy atom. The SMILES string of the molecule is CC(C)NC(=O)Nc1ccc(C(=O)NCCc2ccc(OC(C)C)cc2)cc1. The van der Waals surface area contributed by atoms with Crippen LogP contribution in [0.25, 0.3) is 0 Å². The van der Waals surface area contributed by atoms with Gasteiger partial charge in [0.2, 0.25) is 0 Å². The maximum absolute atomic E-state index is 12.3. The van der Waals surface area contributed by atoms with Crippen LogP contribution in [0, 0.1) is 0 Å². The molecule has 0 aliphatic rings. The fourth-order valence-corrected chi connectivity index (χ4v) is 2.56. The van der Waals surface area contributed by atoms with Gasteiger partial charge in [-0.1, -0.05) is 12.1 Å². The van der Waals surface area contributed by atoms with E-state index in [1.807, 2.05) is 52.0 Å². The first-order valence-corrected chi connectivity index (χ1v) is 9.55. The summed E-state index contributed by atoms with van der Waals surface area (Å²) in [6.07, 6.45) is 0.888. The van der Waals surface area contributed by atoms with Gasteiger partial charge in [-0.2, -0.15) is 0 Å². The summed E-state index contributed by atoms with van der Waals surface area (Å²) in [5, 5.41) is 8.39. The van der Waals surface area contributed by atoms with Crippen LogP contribution in [0.1, 0.15) is 43.6 Å². The monoisotopic (exact) mass is 383 g/mol. The maximum Gasteiger partial charge on any atom is 0.319 e. The molecule has 0 saturated carbocycles. The van der Waals surface area contributed by atoms with Gasteiger partial charge >= 0.3 is 6.03 Å². The zero-order valence-corrected chi connectivity index (χ0v) is 16.9. The summed E-state index contributed by atoms with van der Waals surface area (Å²) in [7, 11) is 0. The van der Waals surface area contributed by atoms with Gasteiger partial charge in [0.15, 0.2) is 0 Å². The van der Waals surface area contributed by atoms with Crippen LogP contribution >= 0.6 is 0 Å². The van der Waals surface area contributed by atoms with E-state index in [2.05, 4.69) is 16.0 Å². The minimum absolute atomic E-state index is 0.0592. The lowest BCUT2D eigenvalue weighted by Gasteiger charge is -2.11. The fourth-order valence-electron chi connectivity index (χ4n) is 2.56. The summed E-state index contributed by atoms with van der Waals surface area (Å²) in [6.45, 7) is 8.31. The Bertz CT molecular complexity index is 769. The van der Waals surface area contributed by atoms with Gasteiger partial charge in [0.05, 0.1) is 6.10 Å². The van der Waals surface area contributed by atoms with Crippen LogP contribution < -0.4 is 20.7 Å². The van der Waals surface area contributed by atoms with Gasteiger partial charge in [0.25, 0.3) is 5.91 Å². The standard InChI is InChI=1S/C22H29N3O3/c1-15(2)24-22(27)25-19-9-7-18(8-10-19)21(26)23-14-13-17-5-11-20(12-6-17)28-16(3)4/h5-12,15-16H,13-14H2,1-4H3,(H,23,26)(H2,24,25,27). The van der Waals surface area contributed by atoms with Crippen molar-refractivity contribution in [2.24, 2.45) is 0 Å². The Kier molecular flexibility index (Phi) is 7.87. The summed E-state index contributed by atoms with van der Waals surface area (Å²) in [5.41, 5.74) is 2.32. The van der Waals surface area contributed by atoms with E-state index in [0.29, 0.717) is 17.8 Å². The molecule has 2 aromatic carbocycles. The lowest BCUT2D eigenvalue weighted by Crippen LogP contribution is -2.34. The van der Waals surface area contributed by atoms with E-state index in [0.717, 1.165) is 17.7 Å².